The molecule has 1 aromatic carbocycles. The van der Waals surface area contributed by atoms with Crippen LogP contribution in [-0.2, 0) is 9.53 Å². The molecule has 1 N–H and O–H groups in total. The Bertz CT molecular complexity index is 610. The van der Waals surface area contributed by atoms with Gasteiger partial charge in [-0.05, 0) is 38.5 Å². The van der Waals surface area contributed by atoms with Crippen LogP contribution in [0.15, 0.2) is 40.0 Å². The lowest BCUT2D eigenvalue weighted by molar-refractivity contribution is -0.139. The predicted octanol–water partition coefficient (Wildman–Crippen LogP) is 3.37. The van der Waals surface area contributed by atoms with E-state index in [2.05, 4.69) is 21.2 Å². The molecular weight excluding hydrogens is 348 g/mol. The molecule has 1 atom stereocenters. The molecule has 1 aliphatic rings. The van der Waals surface area contributed by atoms with Crippen molar-refractivity contribution in [1.82, 2.24) is 10.2 Å². The lowest BCUT2D eigenvalue weighted by atomic mass is 9.95. The number of urea groups is 1. The zero-order valence-corrected chi connectivity index (χ0v) is 14.4. The summed E-state index contributed by atoms with van der Waals surface area (Å²) in [6.07, 6.45) is 0. The maximum Gasteiger partial charge on any atom is 0.338 e. The van der Waals surface area contributed by atoms with Gasteiger partial charge in [-0.25, -0.2) is 9.59 Å². The Hall–Kier alpha value is -1.82. The van der Waals surface area contributed by atoms with E-state index in [-0.39, 0.29) is 6.03 Å². The standard InChI is InChI=1S/C16H19BrN2O3/c1-4-19-10(3)13(15(20)22-5-2)14(18-16(19)21)11-6-8-12(17)9-7-11/h6-9,14H,4-5H2,1-3H3,(H,18,21)/t14-/m0/s1. The summed E-state index contributed by atoms with van der Waals surface area (Å²) < 4.78 is 6.11. The average molecular weight is 367 g/mol. The number of nitrogens with zero attached hydrogens (tertiary/aromatic N) is 1. The monoisotopic (exact) mass is 366 g/mol. The summed E-state index contributed by atoms with van der Waals surface area (Å²) >= 11 is 3.38. The molecular formula is C16H19BrN2O3. The van der Waals surface area contributed by atoms with E-state index in [1.807, 2.05) is 31.2 Å². The number of amides is 2. The molecule has 0 saturated heterocycles. The molecule has 0 aromatic heterocycles. The van der Waals surface area contributed by atoms with Crippen molar-refractivity contribution in [3.8, 4) is 0 Å². The summed E-state index contributed by atoms with van der Waals surface area (Å²) in [7, 11) is 0. The summed E-state index contributed by atoms with van der Waals surface area (Å²) in [6.45, 7) is 6.20. The van der Waals surface area contributed by atoms with Crippen LogP contribution in [0.2, 0.25) is 0 Å². The first-order chi connectivity index (χ1) is 10.5. The number of carbonyl (C=O) groups excluding carboxylic acids is 2. The van der Waals surface area contributed by atoms with Gasteiger partial charge in [0.15, 0.2) is 0 Å². The Labute approximate surface area is 138 Å². The van der Waals surface area contributed by atoms with Crippen LogP contribution in [0.25, 0.3) is 0 Å². The van der Waals surface area contributed by atoms with E-state index in [9.17, 15) is 9.59 Å². The first kappa shape index (κ1) is 16.5. The molecule has 0 saturated carbocycles. The smallest absolute Gasteiger partial charge is 0.338 e. The number of hydrogen-bond donors (Lipinski definition) is 1. The number of rotatable bonds is 4. The van der Waals surface area contributed by atoms with E-state index >= 15 is 0 Å². The maximum absolute atomic E-state index is 12.4. The highest BCUT2D eigenvalue weighted by molar-refractivity contribution is 9.10. The number of nitrogens with one attached hydrogen (secondary N) is 1. The van der Waals surface area contributed by atoms with E-state index in [1.54, 1.807) is 18.7 Å². The maximum atomic E-state index is 12.4. The Morgan fingerprint density at radius 1 is 1.32 bits per heavy atom. The second kappa shape index (κ2) is 6.96. The molecule has 118 valence electrons. The number of halogens is 1. The van der Waals surface area contributed by atoms with Crippen molar-refractivity contribution in [3.05, 3.63) is 45.6 Å². The highest BCUT2D eigenvalue weighted by atomic mass is 79.9. The molecule has 1 aliphatic heterocycles. The summed E-state index contributed by atoms with van der Waals surface area (Å²) in [5, 5.41) is 2.89. The number of allylic oxidation sites excluding steroid dienone is 1. The SMILES string of the molecule is CCOC(=O)C1=C(C)N(CC)C(=O)N[C@H]1c1ccc(Br)cc1. The highest BCUT2D eigenvalue weighted by Crippen LogP contribution is 2.31. The van der Waals surface area contributed by atoms with Gasteiger partial charge in [0.1, 0.15) is 0 Å². The number of ether oxygens (including phenoxy) is 1. The fourth-order valence-electron chi connectivity index (χ4n) is 2.54. The Balaban J connectivity index is 2.50. The van der Waals surface area contributed by atoms with Crippen LogP contribution < -0.4 is 5.32 Å². The van der Waals surface area contributed by atoms with Crippen LogP contribution in [0, 0.1) is 0 Å². The van der Waals surface area contributed by atoms with Gasteiger partial charge in [0.05, 0.1) is 18.2 Å². The fourth-order valence-corrected chi connectivity index (χ4v) is 2.80. The Morgan fingerprint density at radius 3 is 2.50 bits per heavy atom. The van der Waals surface area contributed by atoms with Gasteiger partial charge in [-0.2, -0.15) is 0 Å². The molecule has 22 heavy (non-hydrogen) atoms. The highest BCUT2D eigenvalue weighted by Gasteiger charge is 2.35. The van der Waals surface area contributed by atoms with Crippen molar-refractivity contribution in [3.63, 3.8) is 0 Å². The van der Waals surface area contributed by atoms with Crippen molar-refractivity contribution in [2.24, 2.45) is 0 Å². The molecule has 0 radical (unpaired) electrons. The van der Waals surface area contributed by atoms with Crippen molar-refractivity contribution < 1.29 is 14.3 Å². The van der Waals surface area contributed by atoms with Crippen LogP contribution in [0.5, 0.6) is 0 Å². The Kier molecular flexibility index (Phi) is 5.24. The van der Waals surface area contributed by atoms with Gasteiger partial charge in [0.2, 0.25) is 0 Å². The van der Waals surface area contributed by atoms with Gasteiger partial charge >= 0.3 is 12.0 Å². The molecule has 6 heteroatoms. The molecule has 5 nitrogen and oxygen atoms in total. The van der Waals surface area contributed by atoms with Crippen LogP contribution in [0.3, 0.4) is 0 Å². The van der Waals surface area contributed by atoms with E-state index in [4.69, 9.17) is 4.74 Å². The van der Waals surface area contributed by atoms with E-state index in [0.717, 1.165) is 10.0 Å². The fraction of sp³-hybridized carbons (Fsp3) is 0.375. The van der Waals surface area contributed by atoms with Gasteiger partial charge in [0.25, 0.3) is 0 Å². The number of benzene rings is 1. The van der Waals surface area contributed by atoms with Crippen LogP contribution in [0.4, 0.5) is 4.79 Å². The lowest BCUT2D eigenvalue weighted by Crippen LogP contribution is -2.47. The molecule has 2 amide bonds. The summed E-state index contributed by atoms with van der Waals surface area (Å²) in [5.41, 5.74) is 1.96. The van der Waals surface area contributed by atoms with Crippen molar-refractivity contribution in [2.45, 2.75) is 26.8 Å². The Morgan fingerprint density at radius 2 is 1.95 bits per heavy atom. The van der Waals surface area contributed by atoms with E-state index in [1.165, 1.54) is 0 Å². The van der Waals surface area contributed by atoms with Crippen LogP contribution in [0.1, 0.15) is 32.4 Å². The van der Waals surface area contributed by atoms with Crippen LogP contribution >= 0.6 is 15.9 Å². The number of hydrogen-bond acceptors (Lipinski definition) is 3. The number of carbonyl (C=O) groups is 2. The largest absolute Gasteiger partial charge is 0.463 e. The third kappa shape index (κ3) is 3.16. The first-order valence-electron chi connectivity index (χ1n) is 7.21. The van der Waals surface area contributed by atoms with Gasteiger partial charge in [0, 0.05) is 16.7 Å². The third-order valence-electron chi connectivity index (χ3n) is 3.61. The van der Waals surface area contributed by atoms with Gasteiger partial charge in [-0.15, -0.1) is 0 Å². The molecule has 1 aromatic rings. The predicted molar refractivity (Wildman–Crippen MR) is 87.1 cm³/mol. The summed E-state index contributed by atoms with van der Waals surface area (Å²) in [5.74, 6) is -0.397. The average Bonchev–Trinajstić information content (AvgIpc) is 2.48. The lowest BCUT2D eigenvalue weighted by Gasteiger charge is -2.34. The topological polar surface area (TPSA) is 58.6 Å². The zero-order valence-electron chi connectivity index (χ0n) is 12.9. The minimum atomic E-state index is -0.498. The minimum absolute atomic E-state index is 0.207. The molecule has 0 spiro atoms. The van der Waals surface area contributed by atoms with Gasteiger partial charge in [-0.1, -0.05) is 28.1 Å². The minimum Gasteiger partial charge on any atom is -0.463 e. The summed E-state index contributed by atoms with van der Waals surface area (Å²) in [6, 6.07) is 6.81. The summed E-state index contributed by atoms with van der Waals surface area (Å²) in [4.78, 5) is 26.1. The van der Waals surface area contributed by atoms with E-state index < -0.39 is 12.0 Å². The molecule has 0 unspecified atom stereocenters. The second-order valence-electron chi connectivity index (χ2n) is 4.90. The van der Waals surface area contributed by atoms with Crippen molar-refractivity contribution in [2.75, 3.05) is 13.2 Å². The first-order valence-corrected chi connectivity index (χ1v) is 8.00. The second-order valence-corrected chi connectivity index (χ2v) is 5.81. The normalized spacial score (nSPS) is 18.3. The van der Waals surface area contributed by atoms with E-state index in [0.29, 0.717) is 24.4 Å². The molecule has 2 rings (SSSR count). The van der Waals surface area contributed by atoms with Crippen molar-refractivity contribution in [1.29, 1.82) is 0 Å². The van der Waals surface area contributed by atoms with Crippen LogP contribution in [-0.4, -0.2) is 30.1 Å². The molecule has 0 bridgehead atoms. The molecule has 1 heterocycles. The molecule has 0 aliphatic carbocycles. The van der Waals surface area contributed by atoms with Gasteiger partial charge < -0.3 is 10.1 Å². The third-order valence-corrected chi connectivity index (χ3v) is 4.14. The zero-order chi connectivity index (χ0) is 16.3. The molecule has 0 fully saturated rings. The van der Waals surface area contributed by atoms with Crippen molar-refractivity contribution >= 4 is 27.9 Å². The number of esters is 1. The van der Waals surface area contributed by atoms with Gasteiger partial charge in [-0.3, -0.25) is 4.90 Å². The quantitative estimate of drug-likeness (QED) is 0.831.